The topological polar surface area (TPSA) is 18.5 Å². The van der Waals surface area contributed by atoms with Gasteiger partial charge in [-0.2, -0.15) is 0 Å². The summed E-state index contributed by atoms with van der Waals surface area (Å²) in [7, 11) is 0. The number of para-hydroxylation sites is 2. The molecule has 3 rings (SSSR count). The van der Waals surface area contributed by atoms with E-state index in [4.69, 9.17) is 4.74 Å². The van der Waals surface area contributed by atoms with Crippen molar-refractivity contribution in [3.8, 4) is 11.5 Å². The smallest absolute Gasteiger partial charge is 0.485 e. The van der Waals surface area contributed by atoms with Crippen LogP contribution in [0.15, 0.2) is 48.5 Å². The molecular formula is C15H11F3O2. The molecule has 0 aliphatic carbocycles. The third-order valence-electron chi connectivity index (χ3n) is 3.14. The molecule has 1 unspecified atom stereocenters. The summed E-state index contributed by atoms with van der Waals surface area (Å²) in [6.07, 6.45) is -4.62. The fourth-order valence-corrected chi connectivity index (χ4v) is 2.32. The predicted molar refractivity (Wildman–Crippen MR) is 66.6 cm³/mol. The summed E-state index contributed by atoms with van der Waals surface area (Å²) in [5.41, 5.74) is 1.39. The van der Waals surface area contributed by atoms with Crippen LogP contribution >= 0.6 is 0 Å². The van der Waals surface area contributed by atoms with Crippen molar-refractivity contribution in [2.24, 2.45) is 0 Å². The Morgan fingerprint density at radius 3 is 2.45 bits per heavy atom. The quantitative estimate of drug-likeness (QED) is 0.818. The highest BCUT2D eigenvalue weighted by Gasteiger charge is 2.34. The van der Waals surface area contributed by atoms with Gasteiger partial charge in [-0.25, -0.2) is 0 Å². The van der Waals surface area contributed by atoms with Crippen LogP contribution in [-0.2, 0) is 6.42 Å². The molecule has 2 aromatic carbocycles. The highest BCUT2D eigenvalue weighted by atomic mass is 19.4. The molecule has 0 saturated carbocycles. The second-order valence-corrected chi connectivity index (χ2v) is 4.50. The highest BCUT2D eigenvalue weighted by Crippen LogP contribution is 2.40. The molecule has 0 spiro atoms. The predicted octanol–water partition coefficient (Wildman–Crippen LogP) is 4.26. The molecule has 0 fully saturated rings. The average Bonchev–Trinajstić information content (AvgIpc) is 2.81. The van der Waals surface area contributed by atoms with Crippen LogP contribution in [0, 0.1) is 0 Å². The Morgan fingerprint density at radius 2 is 1.70 bits per heavy atom. The van der Waals surface area contributed by atoms with Gasteiger partial charge in [-0.15, -0.1) is 13.2 Å². The Balaban J connectivity index is 1.89. The first-order chi connectivity index (χ1) is 9.53. The molecule has 0 aromatic heterocycles. The number of hydrogen-bond donors (Lipinski definition) is 0. The number of alkyl halides is 3. The van der Waals surface area contributed by atoms with E-state index >= 15 is 0 Å². The lowest BCUT2D eigenvalue weighted by atomic mass is 10.0. The van der Waals surface area contributed by atoms with Gasteiger partial charge in [0.15, 0.2) is 0 Å². The number of fused-ring (bicyclic) bond motifs is 1. The maximum absolute atomic E-state index is 12.4. The first-order valence-electron chi connectivity index (χ1n) is 6.12. The van der Waals surface area contributed by atoms with Crippen molar-refractivity contribution in [1.29, 1.82) is 0 Å². The van der Waals surface area contributed by atoms with Gasteiger partial charge < -0.3 is 9.47 Å². The van der Waals surface area contributed by atoms with Crippen LogP contribution in [0.4, 0.5) is 13.2 Å². The van der Waals surface area contributed by atoms with Crippen molar-refractivity contribution in [1.82, 2.24) is 0 Å². The van der Waals surface area contributed by atoms with Gasteiger partial charge in [-0.1, -0.05) is 36.4 Å². The summed E-state index contributed by atoms with van der Waals surface area (Å²) < 4.78 is 47.0. The summed E-state index contributed by atoms with van der Waals surface area (Å²) in [6.45, 7) is 0. The zero-order chi connectivity index (χ0) is 14.2. The van der Waals surface area contributed by atoms with E-state index < -0.39 is 12.5 Å². The van der Waals surface area contributed by atoms with Crippen LogP contribution in [0.2, 0.25) is 0 Å². The van der Waals surface area contributed by atoms with Crippen LogP contribution in [-0.4, -0.2) is 6.36 Å². The van der Waals surface area contributed by atoms with Crippen molar-refractivity contribution >= 4 is 0 Å². The number of hydrogen-bond acceptors (Lipinski definition) is 2. The minimum Gasteiger partial charge on any atom is -0.485 e. The molecule has 104 valence electrons. The normalized spacial score (nSPS) is 17.4. The third-order valence-corrected chi connectivity index (χ3v) is 3.14. The van der Waals surface area contributed by atoms with Crippen LogP contribution in [0.3, 0.4) is 0 Å². The standard InChI is InChI=1S/C15H11F3O2/c16-15(17,18)20-13-8-4-2-6-11(13)14-9-10-5-1-3-7-12(10)19-14/h1-8,14H,9H2. The highest BCUT2D eigenvalue weighted by molar-refractivity contribution is 5.43. The number of halogens is 3. The Labute approximate surface area is 113 Å². The SMILES string of the molecule is FC(F)(F)Oc1ccccc1C1Cc2ccccc2O1. The van der Waals surface area contributed by atoms with Gasteiger partial charge in [0.1, 0.15) is 17.6 Å². The molecule has 0 radical (unpaired) electrons. The van der Waals surface area contributed by atoms with Gasteiger partial charge in [-0.05, 0) is 17.7 Å². The van der Waals surface area contributed by atoms with E-state index in [1.165, 1.54) is 12.1 Å². The molecule has 0 saturated heterocycles. The van der Waals surface area contributed by atoms with E-state index in [1.807, 2.05) is 24.3 Å². The second-order valence-electron chi connectivity index (χ2n) is 4.50. The minimum absolute atomic E-state index is 0.210. The van der Waals surface area contributed by atoms with Gasteiger partial charge in [0, 0.05) is 12.0 Å². The lowest BCUT2D eigenvalue weighted by molar-refractivity contribution is -0.275. The molecule has 20 heavy (non-hydrogen) atoms. The Morgan fingerprint density at radius 1 is 1.00 bits per heavy atom. The van der Waals surface area contributed by atoms with E-state index in [1.54, 1.807) is 12.1 Å². The summed E-state index contributed by atoms with van der Waals surface area (Å²) in [5, 5.41) is 0. The molecule has 2 aromatic rings. The van der Waals surface area contributed by atoms with E-state index in [-0.39, 0.29) is 5.75 Å². The number of benzene rings is 2. The van der Waals surface area contributed by atoms with E-state index in [0.29, 0.717) is 17.7 Å². The molecule has 1 aliphatic rings. The van der Waals surface area contributed by atoms with Crippen molar-refractivity contribution in [3.63, 3.8) is 0 Å². The Bertz CT molecular complexity index is 598. The molecule has 1 atom stereocenters. The van der Waals surface area contributed by atoms with Crippen molar-refractivity contribution in [2.45, 2.75) is 18.9 Å². The maximum atomic E-state index is 12.4. The molecule has 0 bridgehead atoms. The van der Waals surface area contributed by atoms with Gasteiger partial charge >= 0.3 is 6.36 Å². The molecule has 0 amide bonds. The van der Waals surface area contributed by atoms with Crippen molar-refractivity contribution in [3.05, 3.63) is 59.7 Å². The van der Waals surface area contributed by atoms with Crippen LogP contribution in [0.25, 0.3) is 0 Å². The molecule has 2 nitrogen and oxygen atoms in total. The Kier molecular flexibility index (Phi) is 3.04. The van der Waals surface area contributed by atoms with E-state index in [0.717, 1.165) is 5.56 Å². The monoisotopic (exact) mass is 280 g/mol. The summed E-state index contributed by atoms with van der Waals surface area (Å²) in [5.74, 6) is 0.497. The lowest BCUT2D eigenvalue weighted by Crippen LogP contribution is -2.19. The summed E-state index contributed by atoms with van der Waals surface area (Å²) in [6, 6.07) is 13.5. The minimum atomic E-state index is -4.71. The van der Waals surface area contributed by atoms with Gasteiger partial charge in [-0.3, -0.25) is 0 Å². The zero-order valence-corrected chi connectivity index (χ0v) is 10.4. The summed E-state index contributed by atoms with van der Waals surface area (Å²) >= 11 is 0. The molecule has 5 heteroatoms. The third kappa shape index (κ3) is 2.57. The molecule has 0 N–H and O–H groups in total. The molecular weight excluding hydrogens is 269 g/mol. The zero-order valence-electron chi connectivity index (χ0n) is 10.4. The average molecular weight is 280 g/mol. The van der Waals surface area contributed by atoms with Gasteiger partial charge in [0.2, 0.25) is 0 Å². The molecule has 1 heterocycles. The van der Waals surface area contributed by atoms with E-state index in [9.17, 15) is 13.2 Å². The maximum Gasteiger partial charge on any atom is 0.573 e. The van der Waals surface area contributed by atoms with Gasteiger partial charge in [0.25, 0.3) is 0 Å². The van der Waals surface area contributed by atoms with Crippen molar-refractivity contribution < 1.29 is 22.6 Å². The van der Waals surface area contributed by atoms with E-state index in [2.05, 4.69) is 4.74 Å². The first kappa shape index (κ1) is 12.8. The fourth-order valence-electron chi connectivity index (χ4n) is 2.32. The first-order valence-corrected chi connectivity index (χ1v) is 6.12. The lowest BCUT2D eigenvalue weighted by Gasteiger charge is -2.17. The summed E-state index contributed by atoms with van der Waals surface area (Å²) in [4.78, 5) is 0. The van der Waals surface area contributed by atoms with Crippen LogP contribution in [0.5, 0.6) is 11.5 Å². The largest absolute Gasteiger partial charge is 0.573 e. The number of rotatable bonds is 2. The molecule has 1 aliphatic heterocycles. The second kappa shape index (κ2) is 4.74. The van der Waals surface area contributed by atoms with Gasteiger partial charge in [0.05, 0.1) is 0 Å². The van der Waals surface area contributed by atoms with Crippen LogP contribution in [0.1, 0.15) is 17.2 Å². The van der Waals surface area contributed by atoms with Crippen molar-refractivity contribution in [2.75, 3.05) is 0 Å². The fraction of sp³-hybridized carbons (Fsp3) is 0.200. The Hall–Kier alpha value is -2.17. The number of ether oxygens (including phenoxy) is 2. The van der Waals surface area contributed by atoms with Crippen LogP contribution < -0.4 is 9.47 Å².